The monoisotopic (exact) mass is 320 g/mol. The molecule has 0 aliphatic carbocycles. The zero-order valence-corrected chi connectivity index (χ0v) is 11.9. The first-order chi connectivity index (χ1) is 9.11. The summed E-state index contributed by atoms with van der Waals surface area (Å²) in [6.07, 6.45) is 3.04. The molecular formula is C13H13BrN4O. The molecule has 6 heteroatoms. The smallest absolute Gasteiger partial charge is 0.257 e. The van der Waals surface area contributed by atoms with Gasteiger partial charge in [-0.25, -0.2) is 0 Å². The lowest BCUT2D eigenvalue weighted by atomic mass is 10.2. The zero-order valence-electron chi connectivity index (χ0n) is 10.3. The molecule has 0 bridgehead atoms. The van der Waals surface area contributed by atoms with E-state index in [0.29, 0.717) is 16.9 Å². The third-order valence-electron chi connectivity index (χ3n) is 2.59. The van der Waals surface area contributed by atoms with Crippen LogP contribution >= 0.6 is 15.9 Å². The Kier molecular flexibility index (Phi) is 4.13. The summed E-state index contributed by atoms with van der Waals surface area (Å²) in [5.74, 6) is 5.11. The highest BCUT2D eigenvalue weighted by atomic mass is 79.9. The van der Waals surface area contributed by atoms with Gasteiger partial charge in [0.05, 0.1) is 23.1 Å². The van der Waals surface area contributed by atoms with Gasteiger partial charge >= 0.3 is 0 Å². The van der Waals surface area contributed by atoms with E-state index in [1.807, 2.05) is 25.1 Å². The van der Waals surface area contributed by atoms with Crippen molar-refractivity contribution in [2.24, 2.45) is 5.84 Å². The Morgan fingerprint density at radius 3 is 2.84 bits per heavy atom. The van der Waals surface area contributed by atoms with Crippen LogP contribution in [0, 0.1) is 6.92 Å². The van der Waals surface area contributed by atoms with E-state index >= 15 is 0 Å². The summed E-state index contributed by atoms with van der Waals surface area (Å²) in [6, 6.07) is 7.34. The number of hydrogen-bond donors (Lipinski definition) is 3. The fourth-order valence-corrected chi connectivity index (χ4v) is 1.98. The summed E-state index contributed by atoms with van der Waals surface area (Å²) in [4.78, 5) is 16.1. The maximum atomic E-state index is 12.2. The first-order valence-electron chi connectivity index (χ1n) is 5.60. The number of aromatic nitrogens is 1. The molecule has 5 nitrogen and oxygen atoms in total. The van der Waals surface area contributed by atoms with Gasteiger partial charge in [-0.15, -0.1) is 0 Å². The van der Waals surface area contributed by atoms with Gasteiger partial charge in [-0.2, -0.15) is 0 Å². The SMILES string of the molecule is Cc1ccc(Br)c(NC(=O)c2ccncc2NN)c1. The average Bonchev–Trinajstić information content (AvgIpc) is 2.42. The van der Waals surface area contributed by atoms with Crippen LogP contribution in [0.25, 0.3) is 0 Å². The van der Waals surface area contributed by atoms with Crippen LogP contribution in [-0.2, 0) is 0 Å². The first kappa shape index (κ1) is 13.5. The number of nitrogens with zero attached hydrogens (tertiary/aromatic N) is 1. The Balaban J connectivity index is 2.28. The Morgan fingerprint density at radius 2 is 2.11 bits per heavy atom. The van der Waals surface area contributed by atoms with E-state index in [9.17, 15) is 4.79 Å². The van der Waals surface area contributed by atoms with Gasteiger partial charge in [0.15, 0.2) is 0 Å². The van der Waals surface area contributed by atoms with Gasteiger partial charge in [-0.3, -0.25) is 15.6 Å². The van der Waals surface area contributed by atoms with Crippen molar-refractivity contribution in [1.82, 2.24) is 4.98 Å². The molecule has 2 aromatic rings. The van der Waals surface area contributed by atoms with E-state index in [-0.39, 0.29) is 5.91 Å². The second-order valence-electron chi connectivity index (χ2n) is 4.00. The Labute approximate surface area is 119 Å². The van der Waals surface area contributed by atoms with Crippen molar-refractivity contribution in [1.29, 1.82) is 0 Å². The van der Waals surface area contributed by atoms with Gasteiger partial charge in [-0.05, 0) is 46.6 Å². The van der Waals surface area contributed by atoms with Crippen molar-refractivity contribution in [2.75, 3.05) is 10.7 Å². The molecule has 98 valence electrons. The highest BCUT2D eigenvalue weighted by Crippen LogP contribution is 2.24. The second-order valence-corrected chi connectivity index (χ2v) is 4.86. The molecule has 1 aromatic heterocycles. The molecule has 1 aromatic carbocycles. The number of nitrogen functional groups attached to an aromatic ring is 1. The van der Waals surface area contributed by atoms with Gasteiger partial charge in [0, 0.05) is 10.7 Å². The summed E-state index contributed by atoms with van der Waals surface area (Å²) >= 11 is 3.40. The van der Waals surface area contributed by atoms with E-state index < -0.39 is 0 Å². The second kappa shape index (κ2) is 5.81. The maximum absolute atomic E-state index is 12.2. The molecule has 0 spiro atoms. The van der Waals surface area contributed by atoms with Gasteiger partial charge in [0.1, 0.15) is 0 Å². The molecule has 0 atom stereocenters. The molecule has 1 heterocycles. The van der Waals surface area contributed by atoms with E-state index in [4.69, 9.17) is 5.84 Å². The number of amides is 1. The van der Waals surface area contributed by atoms with Crippen molar-refractivity contribution in [3.63, 3.8) is 0 Å². The summed E-state index contributed by atoms with van der Waals surface area (Å²) in [5.41, 5.74) is 5.14. The number of nitrogens with two attached hydrogens (primary N) is 1. The molecule has 0 fully saturated rings. The van der Waals surface area contributed by atoms with Crippen LogP contribution in [0.5, 0.6) is 0 Å². The molecule has 4 N–H and O–H groups in total. The normalized spacial score (nSPS) is 10.1. The van der Waals surface area contributed by atoms with E-state index in [1.165, 1.54) is 6.20 Å². The van der Waals surface area contributed by atoms with E-state index in [2.05, 4.69) is 31.7 Å². The number of hydrazine groups is 1. The van der Waals surface area contributed by atoms with Gasteiger partial charge in [-0.1, -0.05) is 6.07 Å². The van der Waals surface area contributed by atoms with Crippen LogP contribution in [-0.4, -0.2) is 10.9 Å². The highest BCUT2D eigenvalue weighted by Gasteiger charge is 2.12. The van der Waals surface area contributed by atoms with Crippen molar-refractivity contribution >= 4 is 33.2 Å². The molecule has 2 rings (SSSR count). The number of nitrogens with one attached hydrogen (secondary N) is 2. The summed E-state index contributed by atoms with van der Waals surface area (Å²) in [6.45, 7) is 1.96. The average molecular weight is 321 g/mol. The fraction of sp³-hybridized carbons (Fsp3) is 0.0769. The number of carbonyl (C=O) groups is 1. The Bertz CT molecular complexity index is 615. The van der Waals surface area contributed by atoms with Crippen molar-refractivity contribution < 1.29 is 4.79 Å². The number of benzene rings is 1. The van der Waals surface area contributed by atoms with Gasteiger partial charge < -0.3 is 10.7 Å². The zero-order chi connectivity index (χ0) is 13.8. The van der Waals surface area contributed by atoms with Crippen LogP contribution < -0.4 is 16.6 Å². The van der Waals surface area contributed by atoms with Gasteiger partial charge in [0.25, 0.3) is 5.91 Å². The van der Waals surface area contributed by atoms with E-state index in [1.54, 1.807) is 12.3 Å². The minimum absolute atomic E-state index is 0.248. The molecule has 0 unspecified atom stereocenters. The topological polar surface area (TPSA) is 80.0 Å². The largest absolute Gasteiger partial charge is 0.322 e. The van der Waals surface area contributed by atoms with Crippen LogP contribution in [0.15, 0.2) is 41.1 Å². The number of halogens is 1. The third kappa shape index (κ3) is 3.10. The number of aryl methyl sites for hydroxylation is 1. The molecular weight excluding hydrogens is 308 g/mol. The third-order valence-corrected chi connectivity index (χ3v) is 3.28. The fourth-order valence-electron chi connectivity index (χ4n) is 1.63. The Morgan fingerprint density at radius 1 is 1.32 bits per heavy atom. The molecule has 1 amide bonds. The molecule has 0 saturated heterocycles. The Hall–Kier alpha value is -1.92. The molecule has 0 aliphatic heterocycles. The molecule has 0 saturated carbocycles. The van der Waals surface area contributed by atoms with Crippen LogP contribution in [0.4, 0.5) is 11.4 Å². The van der Waals surface area contributed by atoms with Crippen LogP contribution in [0.2, 0.25) is 0 Å². The summed E-state index contributed by atoms with van der Waals surface area (Å²) in [5, 5.41) is 2.83. The molecule has 0 radical (unpaired) electrons. The molecule has 19 heavy (non-hydrogen) atoms. The number of anilines is 2. The number of pyridine rings is 1. The molecule has 0 aliphatic rings. The van der Waals surface area contributed by atoms with Crippen LogP contribution in [0.3, 0.4) is 0 Å². The van der Waals surface area contributed by atoms with E-state index in [0.717, 1.165) is 10.0 Å². The number of carbonyl (C=O) groups excluding carboxylic acids is 1. The minimum Gasteiger partial charge on any atom is -0.322 e. The first-order valence-corrected chi connectivity index (χ1v) is 6.39. The lowest BCUT2D eigenvalue weighted by Gasteiger charge is -2.10. The highest BCUT2D eigenvalue weighted by molar-refractivity contribution is 9.10. The summed E-state index contributed by atoms with van der Waals surface area (Å²) in [7, 11) is 0. The number of hydrogen-bond acceptors (Lipinski definition) is 4. The minimum atomic E-state index is -0.248. The predicted molar refractivity (Wildman–Crippen MR) is 78.9 cm³/mol. The lowest BCUT2D eigenvalue weighted by Crippen LogP contribution is -2.17. The number of rotatable bonds is 3. The quantitative estimate of drug-likeness (QED) is 0.600. The predicted octanol–water partition coefficient (Wildman–Crippen LogP) is 2.69. The van der Waals surface area contributed by atoms with Crippen LogP contribution in [0.1, 0.15) is 15.9 Å². The van der Waals surface area contributed by atoms with Crippen molar-refractivity contribution in [2.45, 2.75) is 6.92 Å². The van der Waals surface area contributed by atoms with Crippen molar-refractivity contribution in [3.05, 3.63) is 52.3 Å². The lowest BCUT2D eigenvalue weighted by molar-refractivity contribution is 0.102. The van der Waals surface area contributed by atoms with Crippen molar-refractivity contribution in [3.8, 4) is 0 Å². The summed E-state index contributed by atoms with van der Waals surface area (Å²) < 4.78 is 0.822. The standard InChI is InChI=1S/C13H13BrN4O/c1-8-2-3-10(14)11(6-8)17-13(19)9-4-5-16-7-12(9)18-15/h2-7,18H,15H2,1H3,(H,17,19). The van der Waals surface area contributed by atoms with Gasteiger partial charge in [0.2, 0.25) is 0 Å². The maximum Gasteiger partial charge on any atom is 0.257 e.